The molecule has 0 fully saturated rings. The van der Waals surface area contributed by atoms with E-state index in [9.17, 15) is 0 Å². The fourth-order valence-corrected chi connectivity index (χ4v) is 0.981. The van der Waals surface area contributed by atoms with Crippen LogP contribution in [0.15, 0.2) is 0 Å². The molecule has 0 spiro atoms. The first-order chi connectivity index (χ1) is 6.85. The van der Waals surface area contributed by atoms with E-state index in [-0.39, 0.29) is 0 Å². The van der Waals surface area contributed by atoms with Gasteiger partial charge in [-0.25, -0.2) is 25.2 Å². The summed E-state index contributed by atoms with van der Waals surface area (Å²) in [5, 5.41) is 16.3. The monoisotopic (exact) mass is 210 g/mol. The molecule has 0 aromatic carbocycles. The average molecular weight is 210 g/mol. The van der Waals surface area contributed by atoms with Crippen molar-refractivity contribution >= 4 is 0 Å². The standard InChI is InChI=1S/C8H18O6/c1-2-3-4-5-6-8(13-10)14-12-7-11-9/h8-10H,2-7H2,1H3. The Hall–Kier alpha value is -0.240. The van der Waals surface area contributed by atoms with Crippen LogP contribution >= 0.6 is 0 Å². The predicted molar refractivity (Wildman–Crippen MR) is 47.0 cm³/mol. The van der Waals surface area contributed by atoms with Crippen LogP contribution in [0.2, 0.25) is 0 Å². The number of hydrogen-bond donors (Lipinski definition) is 2. The second kappa shape index (κ2) is 10.8. The smallest absolute Gasteiger partial charge is 0.224 e. The van der Waals surface area contributed by atoms with Crippen molar-refractivity contribution in [2.45, 2.75) is 45.3 Å². The minimum Gasteiger partial charge on any atom is -0.249 e. The van der Waals surface area contributed by atoms with Gasteiger partial charge >= 0.3 is 0 Å². The van der Waals surface area contributed by atoms with E-state index < -0.39 is 13.1 Å². The third-order valence-corrected chi connectivity index (χ3v) is 1.69. The van der Waals surface area contributed by atoms with Crippen LogP contribution in [0.25, 0.3) is 0 Å². The lowest BCUT2D eigenvalue weighted by Crippen LogP contribution is -2.16. The van der Waals surface area contributed by atoms with Crippen LogP contribution in [0.1, 0.15) is 39.0 Å². The van der Waals surface area contributed by atoms with Gasteiger partial charge in [-0.2, -0.15) is 4.89 Å². The predicted octanol–water partition coefficient (Wildman–Crippen LogP) is 2.17. The van der Waals surface area contributed by atoms with Crippen molar-refractivity contribution in [1.29, 1.82) is 0 Å². The van der Waals surface area contributed by atoms with E-state index in [2.05, 4.69) is 26.5 Å². The van der Waals surface area contributed by atoms with Crippen molar-refractivity contribution < 1.29 is 30.1 Å². The maximum atomic E-state index is 8.37. The van der Waals surface area contributed by atoms with Gasteiger partial charge in [-0.1, -0.05) is 26.2 Å². The van der Waals surface area contributed by atoms with E-state index in [4.69, 9.17) is 10.5 Å². The van der Waals surface area contributed by atoms with Crippen LogP contribution < -0.4 is 0 Å². The van der Waals surface area contributed by atoms with E-state index in [0.717, 1.165) is 25.7 Å². The second-order valence-corrected chi connectivity index (χ2v) is 2.85. The van der Waals surface area contributed by atoms with Crippen molar-refractivity contribution in [3.8, 4) is 0 Å². The van der Waals surface area contributed by atoms with Crippen LogP contribution in [0.5, 0.6) is 0 Å². The molecule has 86 valence electrons. The topological polar surface area (TPSA) is 77.4 Å². The molecule has 0 aliphatic rings. The van der Waals surface area contributed by atoms with Gasteiger partial charge in [0.05, 0.1) is 0 Å². The molecule has 0 bridgehead atoms. The summed E-state index contributed by atoms with van der Waals surface area (Å²) >= 11 is 0. The molecule has 0 radical (unpaired) electrons. The summed E-state index contributed by atoms with van der Waals surface area (Å²) in [7, 11) is 0. The molecule has 0 saturated heterocycles. The summed E-state index contributed by atoms with van der Waals surface area (Å²) in [5.41, 5.74) is 0. The maximum absolute atomic E-state index is 8.37. The summed E-state index contributed by atoms with van der Waals surface area (Å²) in [4.78, 5) is 16.5. The molecule has 6 heteroatoms. The van der Waals surface area contributed by atoms with E-state index in [0.29, 0.717) is 6.42 Å². The van der Waals surface area contributed by atoms with Gasteiger partial charge in [-0.15, -0.1) is 0 Å². The summed E-state index contributed by atoms with van der Waals surface area (Å²) in [6.07, 6.45) is 3.90. The highest BCUT2D eigenvalue weighted by molar-refractivity contribution is 4.44. The Labute approximate surface area is 83.1 Å². The molecule has 2 N–H and O–H groups in total. The Bertz CT molecular complexity index is 110. The molecule has 0 aliphatic carbocycles. The third-order valence-electron chi connectivity index (χ3n) is 1.69. The van der Waals surface area contributed by atoms with Crippen molar-refractivity contribution in [2.75, 3.05) is 6.79 Å². The molecule has 0 aliphatic heterocycles. The molecule has 0 aromatic rings. The molecule has 1 atom stereocenters. The van der Waals surface area contributed by atoms with Gasteiger partial charge in [0.25, 0.3) is 0 Å². The van der Waals surface area contributed by atoms with Crippen LogP contribution in [-0.2, 0) is 19.6 Å². The lowest BCUT2D eigenvalue weighted by molar-refractivity contribution is -0.483. The Morgan fingerprint density at radius 1 is 1.14 bits per heavy atom. The molecular formula is C8H18O6. The highest BCUT2D eigenvalue weighted by Gasteiger charge is 2.09. The first-order valence-corrected chi connectivity index (χ1v) is 4.70. The molecule has 0 heterocycles. The zero-order valence-corrected chi connectivity index (χ0v) is 8.35. The second-order valence-electron chi connectivity index (χ2n) is 2.85. The van der Waals surface area contributed by atoms with E-state index >= 15 is 0 Å². The summed E-state index contributed by atoms with van der Waals surface area (Å²) < 4.78 is 0. The maximum Gasteiger partial charge on any atom is 0.224 e. The lowest BCUT2D eigenvalue weighted by atomic mass is 10.1. The van der Waals surface area contributed by atoms with E-state index in [1.165, 1.54) is 0 Å². The fraction of sp³-hybridized carbons (Fsp3) is 1.00. The number of unbranched alkanes of at least 4 members (excludes halogenated alkanes) is 3. The van der Waals surface area contributed by atoms with Gasteiger partial charge in [0, 0.05) is 6.42 Å². The first-order valence-electron chi connectivity index (χ1n) is 4.70. The molecular weight excluding hydrogens is 192 g/mol. The SMILES string of the molecule is CCCCCCC(OO)OOCOO. The minimum atomic E-state index is -0.831. The van der Waals surface area contributed by atoms with Gasteiger partial charge in [0.15, 0.2) is 0 Å². The highest BCUT2D eigenvalue weighted by atomic mass is 17.3. The molecule has 6 nitrogen and oxygen atoms in total. The first kappa shape index (κ1) is 13.8. The van der Waals surface area contributed by atoms with Gasteiger partial charge < -0.3 is 0 Å². The zero-order chi connectivity index (χ0) is 10.6. The van der Waals surface area contributed by atoms with Crippen LogP contribution in [0.3, 0.4) is 0 Å². The zero-order valence-electron chi connectivity index (χ0n) is 8.35. The Balaban J connectivity index is 3.28. The highest BCUT2D eigenvalue weighted by Crippen LogP contribution is 2.08. The van der Waals surface area contributed by atoms with E-state index in [1.807, 2.05) is 0 Å². The van der Waals surface area contributed by atoms with Gasteiger partial charge in [-0.3, -0.25) is 0 Å². The fourth-order valence-electron chi connectivity index (χ4n) is 0.981. The molecule has 1 unspecified atom stereocenters. The molecule has 0 saturated carbocycles. The van der Waals surface area contributed by atoms with Gasteiger partial charge in [0.1, 0.15) is 0 Å². The van der Waals surface area contributed by atoms with Crippen LogP contribution in [0.4, 0.5) is 0 Å². The van der Waals surface area contributed by atoms with Crippen molar-refractivity contribution in [3.63, 3.8) is 0 Å². The molecule has 0 rings (SSSR count). The average Bonchev–Trinajstić information content (AvgIpc) is 2.22. The normalized spacial score (nSPS) is 13.1. The summed E-state index contributed by atoms with van der Waals surface area (Å²) in [6, 6.07) is 0. The van der Waals surface area contributed by atoms with E-state index in [1.54, 1.807) is 0 Å². The molecule has 0 amide bonds. The number of hydrogen-bond acceptors (Lipinski definition) is 6. The largest absolute Gasteiger partial charge is 0.249 e. The van der Waals surface area contributed by atoms with Crippen molar-refractivity contribution in [3.05, 3.63) is 0 Å². The van der Waals surface area contributed by atoms with Crippen LogP contribution in [-0.4, -0.2) is 23.6 Å². The summed E-state index contributed by atoms with van der Waals surface area (Å²) in [5.74, 6) is 0. The Morgan fingerprint density at radius 3 is 2.50 bits per heavy atom. The number of rotatable bonds is 10. The Morgan fingerprint density at radius 2 is 1.93 bits per heavy atom. The van der Waals surface area contributed by atoms with Crippen molar-refractivity contribution in [1.82, 2.24) is 0 Å². The van der Waals surface area contributed by atoms with Gasteiger partial charge in [0.2, 0.25) is 13.1 Å². The third kappa shape index (κ3) is 8.36. The molecule has 14 heavy (non-hydrogen) atoms. The lowest BCUT2D eigenvalue weighted by Gasteiger charge is -2.11. The quantitative estimate of drug-likeness (QED) is 0.249. The van der Waals surface area contributed by atoms with Crippen molar-refractivity contribution in [2.24, 2.45) is 0 Å². The summed E-state index contributed by atoms with van der Waals surface area (Å²) in [6.45, 7) is 1.69. The van der Waals surface area contributed by atoms with Crippen LogP contribution in [0, 0.1) is 0 Å². The van der Waals surface area contributed by atoms with Gasteiger partial charge in [-0.05, 0) is 6.42 Å². The minimum absolute atomic E-state index is 0.422. The Kier molecular flexibility index (Phi) is 10.7. The molecule has 0 aromatic heterocycles.